The van der Waals surface area contributed by atoms with Crippen LogP contribution in [0.2, 0.25) is 5.02 Å². The van der Waals surface area contributed by atoms with E-state index in [1.165, 1.54) is 12.1 Å². The second kappa shape index (κ2) is 5.97. The Labute approximate surface area is 125 Å². The van der Waals surface area contributed by atoms with Crippen molar-refractivity contribution in [3.05, 3.63) is 71.1 Å². The fourth-order valence-corrected chi connectivity index (χ4v) is 2.03. The van der Waals surface area contributed by atoms with Gasteiger partial charge < -0.3 is 9.26 Å². The van der Waals surface area contributed by atoms with Gasteiger partial charge in [0, 0.05) is 11.6 Å². The summed E-state index contributed by atoms with van der Waals surface area (Å²) in [7, 11) is 0. The van der Waals surface area contributed by atoms with Crippen LogP contribution in [-0.2, 0) is 6.61 Å². The molecule has 1 aromatic heterocycles. The Bertz CT molecular complexity index is 740. The highest BCUT2D eigenvalue weighted by Crippen LogP contribution is 2.25. The van der Waals surface area contributed by atoms with Gasteiger partial charge in [0.1, 0.15) is 23.9 Å². The molecular weight excluding hydrogens is 293 g/mol. The van der Waals surface area contributed by atoms with Crippen molar-refractivity contribution in [3.8, 4) is 17.1 Å². The molecule has 5 heteroatoms. The predicted molar refractivity (Wildman–Crippen MR) is 77.7 cm³/mol. The number of nitrogens with zero attached hydrogens (tertiary/aromatic N) is 1. The number of hydrogen-bond donors (Lipinski definition) is 0. The first-order valence-electron chi connectivity index (χ1n) is 6.31. The van der Waals surface area contributed by atoms with Crippen molar-refractivity contribution in [2.45, 2.75) is 6.61 Å². The Hall–Kier alpha value is -2.33. The second-order valence-corrected chi connectivity index (χ2v) is 4.82. The molecule has 0 aliphatic carbocycles. The normalized spacial score (nSPS) is 10.6. The summed E-state index contributed by atoms with van der Waals surface area (Å²) >= 11 is 6.00. The largest absolute Gasteiger partial charge is 0.486 e. The van der Waals surface area contributed by atoms with Crippen LogP contribution in [0.5, 0.6) is 5.75 Å². The lowest BCUT2D eigenvalue weighted by Gasteiger charge is -2.04. The zero-order valence-electron chi connectivity index (χ0n) is 10.9. The predicted octanol–water partition coefficient (Wildman–Crippen LogP) is 4.71. The van der Waals surface area contributed by atoms with Crippen molar-refractivity contribution in [3.63, 3.8) is 0 Å². The fourth-order valence-electron chi connectivity index (χ4n) is 1.84. The lowest BCUT2D eigenvalue weighted by atomic mass is 10.1. The highest BCUT2D eigenvalue weighted by atomic mass is 35.5. The maximum atomic E-state index is 12.9. The molecule has 0 N–H and O–H groups in total. The number of aromatic nitrogens is 1. The Morgan fingerprint density at radius 3 is 2.62 bits per heavy atom. The molecule has 1 heterocycles. The van der Waals surface area contributed by atoms with E-state index in [-0.39, 0.29) is 12.4 Å². The topological polar surface area (TPSA) is 35.3 Å². The minimum absolute atomic E-state index is 0.244. The van der Waals surface area contributed by atoms with Crippen LogP contribution in [-0.4, -0.2) is 5.16 Å². The van der Waals surface area contributed by atoms with Gasteiger partial charge in [-0.25, -0.2) is 4.39 Å². The van der Waals surface area contributed by atoms with Crippen LogP contribution in [0, 0.1) is 5.82 Å². The molecule has 0 aliphatic rings. The molecule has 0 saturated heterocycles. The van der Waals surface area contributed by atoms with Gasteiger partial charge in [0.25, 0.3) is 0 Å². The number of para-hydroxylation sites is 1. The summed E-state index contributed by atoms with van der Waals surface area (Å²) in [5, 5.41) is 4.46. The van der Waals surface area contributed by atoms with Gasteiger partial charge in [0.2, 0.25) is 0 Å². The van der Waals surface area contributed by atoms with E-state index in [0.717, 1.165) is 5.56 Å². The van der Waals surface area contributed by atoms with Crippen molar-refractivity contribution in [2.24, 2.45) is 0 Å². The summed E-state index contributed by atoms with van der Waals surface area (Å²) in [5.41, 5.74) is 1.39. The van der Waals surface area contributed by atoms with Crippen LogP contribution >= 0.6 is 11.6 Å². The smallest absolute Gasteiger partial charge is 0.167 e. The van der Waals surface area contributed by atoms with Gasteiger partial charge in [-0.15, -0.1) is 0 Å². The molecule has 2 aromatic carbocycles. The van der Waals surface area contributed by atoms with Crippen LogP contribution in [0.1, 0.15) is 5.69 Å². The molecule has 3 rings (SSSR count). The third kappa shape index (κ3) is 3.23. The zero-order valence-corrected chi connectivity index (χ0v) is 11.7. The van der Waals surface area contributed by atoms with Gasteiger partial charge >= 0.3 is 0 Å². The molecule has 0 saturated carbocycles. The number of rotatable bonds is 4. The molecule has 0 aliphatic heterocycles. The van der Waals surface area contributed by atoms with Gasteiger partial charge in [-0.1, -0.05) is 28.9 Å². The van der Waals surface area contributed by atoms with Crippen LogP contribution in [0.3, 0.4) is 0 Å². The summed E-state index contributed by atoms with van der Waals surface area (Å²) in [6.07, 6.45) is 0. The van der Waals surface area contributed by atoms with E-state index in [9.17, 15) is 4.39 Å². The molecule has 21 heavy (non-hydrogen) atoms. The average molecular weight is 304 g/mol. The molecule has 106 valence electrons. The third-order valence-electron chi connectivity index (χ3n) is 2.90. The van der Waals surface area contributed by atoms with Crippen molar-refractivity contribution in [1.82, 2.24) is 5.16 Å². The van der Waals surface area contributed by atoms with Gasteiger partial charge in [-0.05, 0) is 36.4 Å². The van der Waals surface area contributed by atoms with E-state index < -0.39 is 0 Å². The standard InChI is InChI=1S/C16H11ClFNO2/c17-14-3-1-2-4-15(14)20-10-13-9-16(21-19-13)11-5-7-12(18)8-6-11/h1-9H,10H2. The molecule has 0 bridgehead atoms. The number of hydrogen-bond acceptors (Lipinski definition) is 3. The summed E-state index contributed by atoms with van der Waals surface area (Å²) in [5.74, 6) is 0.860. The molecule has 0 radical (unpaired) electrons. The van der Waals surface area contributed by atoms with E-state index >= 15 is 0 Å². The van der Waals surface area contributed by atoms with Gasteiger partial charge in [0.05, 0.1) is 5.02 Å². The molecule has 0 atom stereocenters. The van der Waals surface area contributed by atoms with Crippen molar-refractivity contribution >= 4 is 11.6 Å². The maximum absolute atomic E-state index is 12.9. The SMILES string of the molecule is Fc1ccc(-c2cc(COc3ccccc3Cl)no2)cc1. The highest BCUT2D eigenvalue weighted by Gasteiger charge is 2.08. The van der Waals surface area contributed by atoms with Crippen molar-refractivity contribution in [2.75, 3.05) is 0 Å². The van der Waals surface area contributed by atoms with Crippen LogP contribution in [0.25, 0.3) is 11.3 Å². The second-order valence-electron chi connectivity index (χ2n) is 4.41. The lowest BCUT2D eigenvalue weighted by Crippen LogP contribution is -1.95. The van der Waals surface area contributed by atoms with Gasteiger partial charge in [-0.3, -0.25) is 0 Å². The number of halogens is 2. The first-order chi connectivity index (χ1) is 10.2. The maximum Gasteiger partial charge on any atom is 0.167 e. The molecule has 0 fully saturated rings. The summed E-state index contributed by atoms with van der Waals surface area (Å²) < 4.78 is 23.7. The Morgan fingerprint density at radius 2 is 1.86 bits per heavy atom. The van der Waals surface area contributed by atoms with E-state index in [0.29, 0.717) is 22.2 Å². The van der Waals surface area contributed by atoms with E-state index in [2.05, 4.69) is 5.16 Å². The highest BCUT2D eigenvalue weighted by molar-refractivity contribution is 6.32. The first kappa shape index (κ1) is 13.6. The Kier molecular flexibility index (Phi) is 3.88. The summed E-state index contributed by atoms with van der Waals surface area (Å²) in [4.78, 5) is 0. The fraction of sp³-hybridized carbons (Fsp3) is 0.0625. The van der Waals surface area contributed by atoms with E-state index in [1.807, 2.05) is 12.1 Å². The number of ether oxygens (including phenoxy) is 1. The molecule has 3 aromatic rings. The first-order valence-corrected chi connectivity index (χ1v) is 6.69. The molecule has 3 nitrogen and oxygen atoms in total. The average Bonchev–Trinajstić information content (AvgIpc) is 2.96. The van der Waals surface area contributed by atoms with E-state index in [4.69, 9.17) is 20.9 Å². The van der Waals surface area contributed by atoms with Crippen LogP contribution in [0.15, 0.2) is 59.1 Å². The molecular formula is C16H11ClFNO2. The summed E-state index contributed by atoms with van der Waals surface area (Å²) in [6, 6.07) is 15.0. The summed E-state index contributed by atoms with van der Waals surface area (Å²) in [6.45, 7) is 0.244. The lowest BCUT2D eigenvalue weighted by molar-refractivity contribution is 0.290. The molecule has 0 amide bonds. The Morgan fingerprint density at radius 1 is 1.10 bits per heavy atom. The third-order valence-corrected chi connectivity index (χ3v) is 3.21. The molecule has 0 unspecified atom stereocenters. The molecule has 0 spiro atoms. The van der Waals surface area contributed by atoms with E-state index in [1.54, 1.807) is 30.3 Å². The minimum atomic E-state index is -0.291. The van der Waals surface area contributed by atoms with Gasteiger partial charge in [0.15, 0.2) is 5.76 Å². The Balaban J connectivity index is 1.71. The van der Waals surface area contributed by atoms with Crippen molar-refractivity contribution in [1.29, 1.82) is 0 Å². The van der Waals surface area contributed by atoms with Crippen molar-refractivity contribution < 1.29 is 13.7 Å². The van der Waals surface area contributed by atoms with Crippen LogP contribution in [0.4, 0.5) is 4.39 Å². The monoisotopic (exact) mass is 303 g/mol. The quantitative estimate of drug-likeness (QED) is 0.700. The number of benzene rings is 2. The van der Waals surface area contributed by atoms with Crippen LogP contribution < -0.4 is 4.74 Å². The van der Waals surface area contributed by atoms with Gasteiger partial charge in [-0.2, -0.15) is 0 Å². The minimum Gasteiger partial charge on any atom is -0.486 e. The zero-order chi connectivity index (χ0) is 14.7.